The zero-order valence-corrected chi connectivity index (χ0v) is 17.0. The summed E-state index contributed by atoms with van der Waals surface area (Å²) in [5.74, 6) is -0.0362. The van der Waals surface area contributed by atoms with Gasteiger partial charge < -0.3 is 14.8 Å². The van der Waals surface area contributed by atoms with Gasteiger partial charge in [-0.25, -0.2) is 4.79 Å². The quantitative estimate of drug-likeness (QED) is 0.429. The Labute approximate surface area is 173 Å². The average molecular weight is 407 g/mol. The van der Waals surface area contributed by atoms with Gasteiger partial charge in [-0.1, -0.05) is 42.5 Å². The fraction of sp³-hybridized carbons (Fsp3) is 0.130. The van der Waals surface area contributed by atoms with E-state index in [0.717, 1.165) is 21.8 Å². The van der Waals surface area contributed by atoms with E-state index in [1.54, 1.807) is 26.2 Å². The molecule has 0 aliphatic carbocycles. The Hall–Kier alpha value is -3.38. The molecule has 0 bridgehead atoms. The number of thiophene rings is 1. The van der Waals surface area contributed by atoms with Gasteiger partial charge in [0.15, 0.2) is 0 Å². The van der Waals surface area contributed by atoms with Crippen molar-refractivity contribution in [2.24, 2.45) is 0 Å². The number of amides is 1. The van der Waals surface area contributed by atoms with E-state index >= 15 is 0 Å². The van der Waals surface area contributed by atoms with Crippen LogP contribution in [-0.2, 0) is 9.53 Å². The molecule has 2 aromatic carbocycles. The summed E-state index contributed by atoms with van der Waals surface area (Å²) in [5.41, 5.74) is 2.18. The van der Waals surface area contributed by atoms with Gasteiger partial charge in [-0.3, -0.25) is 4.79 Å². The predicted molar refractivity (Wildman–Crippen MR) is 116 cm³/mol. The van der Waals surface area contributed by atoms with Crippen LogP contribution in [0.15, 0.2) is 66.7 Å². The van der Waals surface area contributed by atoms with Crippen molar-refractivity contribution in [2.75, 3.05) is 19.0 Å². The van der Waals surface area contributed by atoms with E-state index < -0.39 is 5.97 Å². The first-order chi connectivity index (χ1) is 14.1. The van der Waals surface area contributed by atoms with Crippen molar-refractivity contribution >= 4 is 34.3 Å². The molecular weight excluding hydrogens is 386 g/mol. The first-order valence-electron chi connectivity index (χ1n) is 9.10. The molecule has 0 saturated carbocycles. The number of methoxy groups -OCH3 is 1. The van der Waals surface area contributed by atoms with Gasteiger partial charge in [-0.05, 0) is 42.3 Å². The maximum Gasteiger partial charge on any atom is 0.341 e. The lowest BCUT2D eigenvalue weighted by atomic mass is 10.1. The highest BCUT2D eigenvalue weighted by molar-refractivity contribution is 7.20. The summed E-state index contributed by atoms with van der Waals surface area (Å²) in [6, 6.07) is 18.8. The molecule has 0 fully saturated rings. The second-order valence-corrected chi connectivity index (χ2v) is 7.09. The smallest absolute Gasteiger partial charge is 0.341 e. The van der Waals surface area contributed by atoms with Crippen LogP contribution in [0.2, 0.25) is 0 Å². The molecule has 1 aromatic heterocycles. The molecule has 1 heterocycles. The number of carbonyl (C=O) groups excluding carboxylic acids is 2. The minimum absolute atomic E-state index is 0.264. The van der Waals surface area contributed by atoms with Crippen LogP contribution < -0.4 is 10.1 Å². The van der Waals surface area contributed by atoms with Gasteiger partial charge in [-0.15, -0.1) is 11.3 Å². The molecule has 1 amide bonds. The normalized spacial score (nSPS) is 10.7. The monoisotopic (exact) mass is 407 g/mol. The lowest BCUT2D eigenvalue weighted by Gasteiger charge is -2.04. The topological polar surface area (TPSA) is 64.6 Å². The number of anilines is 1. The summed E-state index contributed by atoms with van der Waals surface area (Å²) >= 11 is 1.34. The van der Waals surface area contributed by atoms with Crippen molar-refractivity contribution in [1.29, 1.82) is 0 Å². The van der Waals surface area contributed by atoms with Crippen LogP contribution in [0, 0.1) is 0 Å². The minimum Gasteiger partial charge on any atom is -0.497 e. The summed E-state index contributed by atoms with van der Waals surface area (Å²) in [7, 11) is 1.60. The molecule has 6 heteroatoms. The number of carbonyl (C=O) groups is 2. The Morgan fingerprint density at radius 2 is 1.79 bits per heavy atom. The van der Waals surface area contributed by atoms with Gasteiger partial charge in [0.05, 0.1) is 19.3 Å². The highest BCUT2D eigenvalue weighted by atomic mass is 32.1. The molecule has 1 N–H and O–H groups in total. The number of ether oxygens (including phenoxy) is 2. The zero-order chi connectivity index (χ0) is 20.6. The molecule has 148 valence electrons. The predicted octanol–water partition coefficient (Wildman–Crippen LogP) is 5.25. The van der Waals surface area contributed by atoms with Crippen LogP contribution in [0.25, 0.3) is 16.5 Å². The first-order valence-corrected chi connectivity index (χ1v) is 9.92. The van der Waals surface area contributed by atoms with E-state index in [2.05, 4.69) is 5.32 Å². The third-order valence-electron chi connectivity index (χ3n) is 4.07. The molecular formula is C23H21NO4S. The van der Waals surface area contributed by atoms with E-state index in [-0.39, 0.29) is 12.5 Å². The Bertz CT molecular complexity index is 1010. The number of hydrogen-bond donors (Lipinski definition) is 1. The molecule has 29 heavy (non-hydrogen) atoms. The number of rotatable bonds is 7. The summed E-state index contributed by atoms with van der Waals surface area (Å²) < 4.78 is 10.3. The van der Waals surface area contributed by atoms with Crippen molar-refractivity contribution < 1.29 is 19.1 Å². The van der Waals surface area contributed by atoms with Crippen LogP contribution in [0.3, 0.4) is 0 Å². The summed E-state index contributed by atoms with van der Waals surface area (Å²) in [4.78, 5) is 25.6. The van der Waals surface area contributed by atoms with Crippen molar-refractivity contribution in [1.82, 2.24) is 0 Å². The molecule has 3 rings (SSSR count). The molecule has 0 aliphatic rings. The molecule has 0 saturated heterocycles. The Balaban J connectivity index is 1.80. The lowest BCUT2D eigenvalue weighted by molar-refractivity contribution is -0.111. The number of nitrogens with one attached hydrogen (secondary N) is 1. The second kappa shape index (κ2) is 9.71. The van der Waals surface area contributed by atoms with Gasteiger partial charge in [0, 0.05) is 11.0 Å². The standard InChI is InChI=1S/C23H21NO4S/c1-3-28-23(26)19-15-20(17-7-5-4-6-8-17)29-22(19)24-21(25)14-11-16-9-12-18(27-2)13-10-16/h4-15H,3H2,1-2H3,(H,24,25)/b14-11+. The fourth-order valence-corrected chi connectivity index (χ4v) is 3.68. The van der Waals surface area contributed by atoms with Gasteiger partial charge in [-0.2, -0.15) is 0 Å². The second-order valence-electron chi connectivity index (χ2n) is 6.04. The zero-order valence-electron chi connectivity index (χ0n) is 16.2. The summed E-state index contributed by atoms with van der Waals surface area (Å²) in [6.45, 7) is 2.01. The van der Waals surface area contributed by atoms with Crippen LogP contribution in [-0.4, -0.2) is 25.6 Å². The summed E-state index contributed by atoms with van der Waals surface area (Å²) in [6.07, 6.45) is 3.13. The molecule has 3 aromatic rings. The lowest BCUT2D eigenvalue weighted by Crippen LogP contribution is -2.11. The van der Waals surface area contributed by atoms with Crippen LogP contribution in [0.4, 0.5) is 5.00 Å². The Morgan fingerprint density at radius 3 is 2.45 bits per heavy atom. The van der Waals surface area contributed by atoms with E-state index in [9.17, 15) is 9.59 Å². The van der Waals surface area contributed by atoms with Crippen molar-refractivity contribution in [2.45, 2.75) is 6.92 Å². The number of hydrogen-bond acceptors (Lipinski definition) is 5. The fourth-order valence-electron chi connectivity index (χ4n) is 2.63. The maximum atomic E-state index is 12.4. The largest absolute Gasteiger partial charge is 0.497 e. The van der Waals surface area contributed by atoms with Crippen molar-refractivity contribution in [3.63, 3.8) is 0 Å². The van der Waals surface area contributed by atoms with E-state index in [1.165, 1.54) is 17.4 Å². The minimum atomic E-state index is -0.458. The van der Waals surface area contributed by atoms with Crippen LogP contribution >= 0.6 is 11.3 Å². The molecule has 5 nitrogen and oxygen atoms in total. The van der Waals surface area contributed by atoms with Gasteiger partial charge >= 0.3 is 5.97 Å². The van der Waals surface area contributed by atoms with Gasteiger partial charge in [0.25, 0.3) is 0 Å². The van der Waals surface area contributed by atoms with Crippen LogP contribution in [0.5, 0.6) is 5.75 Å². The number of benzene rings is 2. The van der Waals surface area contributed by atoms with E-state index in [0.29, 0.717) is 10.6 Å². The van der Waals surface area contributed by atoms with Crippen LogP contribution in [0.1, 0.15) is 22.8 Å². The Kier molecular flexibility index (Phi) is 6.81. The SMILES string of the molecule is CCOC(=O)c1cc(-c2ccccc2)sc1NC(=O)/C=C/c1ccc(OC)cc1. The third-order valence-corrected chi connectivity index (χ3v) is 5.16. The molecule has 0 unspecified atom stereocenters. The Morgan fingerprint density at radius 1 is 1.07 bits per heavy atom. The number of esters is 1. The highest BCUT2D eigenvalue weighted by Crippen LogP contribution is 2.36. The molecule has 0 spiro atoms. The first kappa shape index (κ1) is 20.4. The maximum absolute atomic E-state index is 12.4. The third kappa shape index (κ3) is 5.33. The van der Waals surface area contributed by atoms with E-state index in [4.69, 9.17) is 9.47 Å². The van der Waals surface area contributed by atoms with Gasteiger partial charge in [0.1, 0.15) is 10.8 Å². The van der Waals surface area contributed by atoms with Gasteiger partial charge in [0.2, 0.25) is 5.91 Å². The molecule has 0 aliphatic heterocycles. The average Bonchev–Trinajstić information content (AvgIpc) is 3.17. The van der Waals surface area contributed by atoms with Crippen molar-refractivity contribution in [3.05, 3.63) is 77.9 Å². The van der Waals surface area contributed by atoms with Crippen molar-refractivity contribution in [3.8, 4) is 16.2 Å². The van der Waals surface area contributed by atoms with E-state index in [1.807, 2.05) is 54.6 Å². The molecule has 0 radical (unpaired) electrons. The highest BCUT2D eigenvalue weighted by Gasteiger charge is 2.19. The molecule has 0 atom stereocenters. The summed E-state index contributed by atoms with van der Waals surface area (Å²) in [5, 5.41) is 3.26.